The van der Waals surface area contributed by atoms with Crippen LogP contribution in [0.3, 0.4) is 0 Å². The third-order valence-corrected chi connectivity index (χ3v) is 5.42. The van der Waals surface area contributed by atoms with E-state index in [2.05, 4.69) is 25.3 Å². The minimum atomic E-state index is -0.280. The van der Waals surface area contributed by atoms with Crippen LogP contribution in [0.5, 0.6) is 0 Å². The van der Waals surface area contributed by atoms with E-state index in [1.807, 2.05) is 49.4 Å². The summed E-state index contributed by atoms with van der Waals surface area (Å²) in [6.45, 7) is 1.97. The van der Waals surface area contributed by atoms with Crippen molar-refractivity contribution in [2.75, 3.05) is 5.32 Å². The first-order valence-corrected chi connectivity index (χ1v) is 10.1. The lowest BCUT2D eigenvalue weighted by atomic mass is 10.0. The summed E-state index contributed by atoms with van der Waals surface area (Å²) in [5.41, 5.74) is 3.50. The number of aromatic nitrogens is 5. The lowest BCUT2D eigenvalue weighted by Crippen LogP contribution is -2.14. The SMILES string of the molecule is CC(Nc1ncnc2[nH]ccc(=O)c12)c1nc2cccc(Cl)c2cc1-c1ccccn1. The Balaban J connectivity index is 1.67. The number of H-pyrrole nitrogens is 1. The van der Waals surface area contributed by atoms with Gasteiger partial charge in [0.25, 0.3) is 0 Å². The van der Waals surface area contributed by atoms with Gasteiger partial charge in [0, 0.05) is 34.4 Å². The van der Waals surface area contributed by atoms with Crippen LogP contribution in [-0.2, 0) is 0 Å². The number of halogens is 1. The second kappa shape index (κ2) is 7.77. The van der Waals surface area contributed by atoms with Gasteiger partial charge in [-0.3, -0.25) is 9.78 Å². The summed E-state index contributed by atoms with van der Waals surface area (Å²) in [6, 6.07) is 14.5. The summed E-state index contributed by atoms with van der Waals surface area (Å²) in [4.78, 5) is 33.3. The Morgan fingerprint density at radius 2 is 1.97 bits per heavy atom. The summed E-state index contributed by atoms with van der Waals surface area (Å²) in [7, 11) is 0. The number of fused-ring (bicyclic) bond motifs is 2. The molecule has 1 atom stereocenters. The van der Waals surface area contributed by atoms with E-state index in [-0.39, 0.29) is 11.5 Å². The van der Waals surface area contributed by atoms with Crippen LogP contribution in [0, 0.1) is 0 Å². The zero-order valence-electron chi connectivity index (χ0n) is 16.5. The Kier molecular flexibility index (Phi) is 4.80. The Morgan fingerprint density at radius 1 is 1.06 bits per heavy atom. The standard InChI is InChI=1S/C23H17ClN6O/c1-13(29-23-20-19(31)8-10-26-22(20)27-12-28-23)21-15(17-6-2-3-9-25-17)11-14-16(24)5-4-7-18(14)30-21/h2-13H,1H3,(H2,26,27,28,29,31). The number of anilines is 1. The van der Waals surface area contributed by atoms with Crippen LogP contribution < -0.4 is 10.7 Å². The van der Waals surface area contributed by atoms with Gasteiger partial charge in [0.15, 0.2) is 5.43 Å². The monoisotopic (exact) mass is 428 g/mol. The third kappa shape index (κ3) is 3.49. The van der Waals surface area contributed by atoms with Gasteiger partial charge in [-0.25, -0.2) is 15.0 Å². The molecule has 0 radical (unpaired) electrons. The first-order chi connectivity index (χ1) is 15.1. The maximum Gasteiger partial charge on any atom is 0.194 e. The molecule has 0 bridgehead atoms. The fourth-order valence-electron chi connectivity index (χ4n) is 3.62. The van der Waals surface area contributed by atoms with Gasteiger partial charge in [-0.1, -0.05) is 23.7 Å². The van der Waals surface area contributed by atoms with E-state index in [0.29, 0.717) is 21.9 Å². The number of benzene rings is 1. The molecule has 152 valence electrons. The highest BCUT2D eigenvalue weighted by molar-refractivity contribution is 6.35. The van der Waals surface area contributed by atoms with Crippen molar-refractivity contribution in [3.05, 3.63) is 88.2 Å². The van der Waals surface area contributed by atoms with Crippen molar-refractivity contribution in [3.8, 4) is 11.3 Å². The molecule has 1 unspecified atom stereocenters. The highest BCUT2D eigenvalue weighted by atomic mass is 35.5. The van der Waals surface area contributed by atoms with Gasteiger partial charge in [0.05, 0.1) is 22.9 Å². The van der Waals surface area contributed by atoms with E-state index in [4.69, 9.17) is 16.6 Å². The van der Waals surface area contributed by atoms with E-state index >= 15 is 0 Å². The normalized spacial score (nSPS) is 12.2. The smallest absolute Gasteiger partial charge is 0.194 e. The highest BCUT2D eigenvalue weighted by Gasteiger charge is 2.19. The van der Waals surface area contributed by atoms with Crippen molar-refractivity contribution in [1.82, 2.24) is 24.9 Å². The molecule has 31 heavy (non-hydrogen) atoms. The molecular weight excluding hydrogens is 412 g/mol. The molecule has 4 heterocycles. The predicted octanol–water partition coefficient (Wildman–Crippen LogP) is 4.75. The molecule has 0 saturated heterocycles. The molecule has 5 rings (SSSR count). The van der Waals surface area contributed by atoms with Crippen LogP contribution in [-0.4, -0.2) is 24.9 Å². The number of rotatable bonds is 4. The number of pyridine rings is 3. The summed E-state index contributed by atoms with van der Waals surface area (Å²) >= 11 is 6.43. The lowest BCUT2D eigenvalue weighted by molar-refractivity contribution is 0.841. The second-order valence-electron chi connectivity index (χ2n) is 7.10. The first kappa shape index (κ1) is 19.1. The Bertz CT molecular complexity index is 1460. The maximum atomic E-state index is 12.4. The molecule has 2 N–H and O–H groups in total. The van der Waals surface area contributed by atoms with Crippen LogP contribution in [0.4, 0.5) is 5.82 Å². The summed E-state index contributed by atoms with van der Waals surface area (Å²) in [6.07, 6.45) is 4.73. The number of aromatic amines is 1. The first-order valence-electron chi connectivity index (χ1n) is 9.71. The average Bonchev–Trinajstić information content (AvgIpc) is 2.79. The molecule has 0 saturated carbocycles. The van der Waals surface area contributed by atoms with Crippen LogP contribution in [0.1, 0.15) is 18.7 Å². The second-order valence-corrected chi connectivity index (χ2v) is 7.50. The predicted molar refractivity (Wildman–Crippen MR) is 122 cm³/mol. The minimum Gasteiger partial charge on any atom is -0.361 e. The molecule has 0 fully saturated rings. The molecule has 0 amide bonds. The summed E-state index contributed by atoms with van der Waals surface area (Å²) in [5.74, 6) is 0.444. The molecule has 7 nitrogen and oxygen atoms in total. The van der Waals surface area contributed by atoms with Gasteiger partial charge in [0.2, 0.25) is 0 Å². The fraction of sp³-hybridized carbons (Fsp3) is 0.0870. The zero-order chi connectivity index (χ0) is 21.4. The van der Waals surface area contributed by atoms with Crippen LogP contribution in [0.2, 0.25) is 5.02 Å². The molecule has 0 aliphatic rings. The van der Waals surface area contributed by atoms with Gasteiger partial charge in [-0.15, -0.1) is 0 Å². The lowest BCUT2D eigenvalue weighted by Gasteiger charge is -2.19. The number of hydrogen-bond acceptors (Lipinski definition) is 6. The van der Waals surface area contributed by atoms with Gasteiger partial charge in [-0.2, -0.15) is 0 Å². The summed E-state index contributed by atoms with van der Waals surface area (Å²) in [5, 5.41) is 5.22. The van der Waals surface area contributed by atoms with Crippen LogP contribution >= 0.6 is 11.6 Å². The van der Waals surface area contributed by atoms with E-state index in [1.165, 1.54) is 12.4 Å². The molecule has 1 aromatic carbocycles. The van der Waals surface area contributed by atoms with Crippen molar-refractivity contribution >= 4 is 39.4 Å². The average molecular weight is 429 g/mol. The van der Waals surface area contributed by atoms with Crippen LogP contribution in [0.15, 0.2) is 72.0 Å². The van der Waals surface area contributed by atoms with E-state index in [0.717, 1.165) is 27.9 Å². The van der Waals surface area contributed by atoms with Crippen LogP contribution in [0.25, 0.3) is 33.2 Å². The Labute approximate surface area is 182 Å². The van der Waals surface area contributed by atoms with Crippen molar-refractivity contribution in [2.45, 2.75) is 13.0 Å². The molecule has 0 aliphatic heterocycles. The number of nitrogens with zero attached hydrogens (tertiary/aromatic N) is 4. The molecule has 0 aliphatic carbocycles. The summed E-state index contributed by atoms with van der Waals surface area (Å²) < 4.78 is 0. The zero-order valence-corrected chi connectivity index (χ0v) is 17.3. The molecule has 0 spiro atoms. The molecule has 4 aromatic heterocycles. The van der Waals surface area contributed by atoms with Gasteiger partial charge < -0.3 is 10.3 Å². The van der Waals surface area contributed by atoms with Gasteiger partial charge >= 0.3 is 0 Å². The minimum absolute atomic E-state index is 0.160. The largest absolute Gasteiger partial charge is 0.361 e. The number of hydrogen-bond donors (Lipinski definition) is 2. The maximum absolute atomic E-state index is 12.4. The molecular formula is C23H17ClN6O. The fourth-order valence-corrected chi connectivity index (χ4v) is 3.85. The van der Waals surface area contributed by atoms with E-state index < -0.39 is 0 Å². The van der Waals surface area contributed by atoms with E-state index in [1.54, 1.807) is 12.4 Å². The Morgan fingerprint density at radius 3 is 2.81 bits per heavy atom. The van der Waals surface area contributed by atoms with Gasteiger partial charge in [0.1, 0.15) is 23.2 Å². The van der Waals surface area contributed by atoms with Crippen molar-refractivity contribution in [3.63, 3.8) is 0 Å². The Hall–Kier alpha value is -3.84. The van der Waals surface area contributed by atoms with Crippen molar-refractivity contribution < 1.29 is 0 Å². The topological polar surface area (TPSA) is 96.5 Å². The number of nitrogens with one attached hydrogen (secondary N) is 2. The molecule has 8 heteroatoms. The van der Waals surface area contributed by atoms with Gasteiger partial charge in [-0.05, 0) is 37.3 Å². The quantitative estimate of drug-likeness (QED) is 0.428. The van der Waals surface area contributed by atoms with E-state index in [9.17, 15) is 4.79 Å². The molecule has 5 aromatic rings. The third-order valence-electron chi connectivity index (χ3n) is 5.09. The highest BCUT2D eigenvalue weighted by Crippen LogP contribution is 2.33. The van der Waals surface area contributed by atoms with Crippen molar-refractivity contribution in [1.29, 1.82) is 0 Å². The van der Waals surface area contributed by atoms with Crippen molar-refractivity contribution in [2.24, 2.45) is 0 Å².